The third-order valence-corrected chi connectivity index (χ3v) is 3.61. The molecule has 0 aliphatic heterocycles. The number of aromatic nitrogens is 3. The fourth-order valence-corrected chi connectivity index (χ4v) is 2.05. The zero-order valence-electron chi connectivity index (χ0n) is 13.6. The summed E-state index contributed by atoms with van der Waals surface area (Å²) in [6.07, 6.45) is -4.69. The summed E-state index contributed by atoms with van der Waals surface area (Å²) in [5.74, 6) is -0.346. The van der Waals surface area contributed by atoms with Gasteiger partial charge in [-0.3, -0.25) is 18.7 Å². The number of rotatable bonds is 2. The highest BCUT2D eigenvalue weighted by atomic mass is 19.4. The monoisotopic (exact) mass is 343 g/mol. The van der Waals surface area contributed by atoms with E-state index in [0.717, 1.165) is 10.6 Å². The van der Waals surface area contributed by atoms with Crippen molar-refractivity contribution in [3.05, 3.63) is 38.7 Å². The Morgan fingerprint density at radius 2 is 1.75 bits per heavy atom. The lowest BCUT2D eigenvalue weighted by molar-refractivity contribution is -0.141. The Hall–Kier alpha value is -2.45. The molecule has 2 rings (SSSR count). The molecule has 6 nitrogen and oxygen atoms in total. The Morgan fingerprint density at radius 3 is 2.25 bits per heavy atom. The van der Waals surface area contributed by atoms with Crippen LogP contribution in [0, 0.1) is 5.41 Å². The number of halogens is 3. The zero-order chi connectivity index (χ0) is 18.4. The van der Waals surface area contributed by atoms with Gasteiger partial charge in [0.15, 0.2) is 5.78 Å². The summed E-state index contributed by atoms with van der Waals surface area (Å²) in [7, 11) is 1.20. The molecule has 0 spiro atoms. The lowest BCUT2D eigenvalue weighted by Crippen LogP contribution is -2.43. The summed E-state index contributed by atoms with van der Waals surface area (Å²) in [6.45, 7) is 4.47. The smallest absolute Gasteiger partial charge is 0.297 e. The van der Waals surface area contributed by atoms with E-state index in [1.54, 1.807) is 20.8 Å². The van der Waals surface area contributed by atoms with Gasteiger partial charge in [0.05, 0.1) is 11.9 Å². The number of hydrogen-bond donors (Lipinski definition) is 0. The summed E-state index contributed by atoms with van der Waals surface area (Å²) in [5, 5.41) is -0.160. The summed E-state index contributed by atoms with van der Waals surface area (Å²) in [5.41, 5.74) is -4.08. The van der Waals surface area contributed by atoms with Gasteiger partial charge in [0.2, 0.25) is 0 Å². The van der Waals surface area contributed by atoms with Gasteiger partial charge in [-0.2, -0.15) is 13.2 Å². The van der Waals surface area contributed by atoms with Crippen LogP contribution in [0.5, 0.6) is 0 Å². The van der Waals surface area contributed by atoms with Crippen molar-refractivity contribution in [2.24, 2.45) is 12.5 Å². The first-order chi connectivity index (χ1) is 10.8. The molecule has 130 valence electrons. The molecule has 0 bridgehead atoms. The molecule has 0 fully saturated rings. The van der Waals surface area contributed by atoms with E-state index in [-0.39, 0.29) is 16.8 Å². The molecule has 9 heteroatoms. The minimum absolute atomic E-state index is 0.160. The van der Waals surface area contributed by atoms with E-state index in [9.17, 15) is 27.6 Å². The highest BCUT2D eigenvalue weighted by molar-refractivity contribution is 5.83. The van der Waals surface area contributed by atoms with Crippen molar-refractivity contribution < 1.29 is 18.0 Å². The molecule has 2 heterocycles. The van der Waals surface area contributed by atoms with Crippen molar-refractivity contribution in [1.82, 2.24) is 14.1 Å². The van der Waals surface area contributed by atoms with Crippen LogP contribution in [0.25, 0.3) is 11.0 Å². The Kier molecular flexibility index (Phi) is 4.15. The average Bonchev–Trinajstić information content (AvgIpc) is 2.46. The summed E-state index contributed by atoms with van der Waals surface area (Å²) in [4.78, 5) is 40.2. The van der Waals surface area contributed by atoms with Crippen LogP contribution >= 0.6 is 0 Å². The molecule has 0 aliphatic carbocycles. The second-order valence-corrected chi connectivity index (χ2v) is 6.47. The van der Waals surface area contributed by atoms with E-state index in [0.29, 0.717) is 10.6 Å². The predicted octanol–water partition coefficient (Wildman–Crippen LogP) is 1.73. The number of ketones is 1. The Morgan fingerprint density at radius 1 is 1.17 bits per heavy atom. The van der Waals surface area contributed by atoms with Crippen molar-refractivity contribution in [3.8, 4) is 0 Å². The number of hydrogen-bond acceptors (Lipinski definition) is 4. The maximum absolute atomic E-state index is 12.8. The first kappa shape index (κ1) is 17.9. The highest BCUT2D eigenvalue weighted by Gasteiger charge is 2.33. The van der Waals surface area contributed by atoms with Crippen LogP contribution in [-0.4, -0.2) is 19.9 Å². The summed E-state index contributed by atoms with van der Waals surface area (Å²) >= 11 is 0. The number of nitrogens with zero attached hydrogens (tertiary/aromatic N) is 3. The molecule has 0 amide bonds. The lowest BCUT2D eigenvalue weighted by Gasteiger charge is -2.18. The van der Waals surface area contributed by atoms with Crippen molar-refractivity contribution in [1.29, 1.82) is 0 Å². The second-order valence-electron chi connectivity index (χ2n) is 6.47. The molecule has 0 N–H and O–H groups in total. The van der Waals surface area contributed by atoms with Gasteiger partial charge in [-0.1, -0.05) is 20.8 Å². The van der Waals surface area contributed by atoms with Crippen molar-refractivity contribution in [2.45, 2.75) is 33.5 Å². The van der Waals surface area contributed by atoms with E-state index in [1.165, 1.54) is 7.05 Å². The maximum Gasteiger partial charge on any atom is 0.433 e. The van der Waals surface area contributed by atoms with Crippen LogP contribution in [0.3, 0.4) is 0 Å². The largest absolute Gasteiger partial charge is 0.433 e. The lowest BCUT2D eigenvalue weighted by atomic mass is 9.91. The van der Waals surface area contributed by atoms with Gasteiger partial charge in [0.1, 0.15) is 11.3 Å². The molecule has 0 saturated heterocycles. The molecule has 0 unspecified atom stereocenters. The van der Waals surface area contributed by atoms with Crippen molar-refractivity contribution in [3.63, 3.8) is 0 Å². The van der Waals surface area contributed by atoms with Gasteiger partial charge < -0.3 is 0 Å². The standard InChI is InChI=1S/C15H16F3N3O3/c1-14(2,3)10(22)7-21-12(23)8-5-6-9(15(16,17)18)19-11(8)20(4)13(21)24/h5-6H,7H2,1-4H3. The molecule has 2 aromatic rings. The third kappa shape index (κ3) is 3.10. The quantitative estimate of drug-likeness (QED) is 0.832. The molecular weight excluding hydrogens is 327 g/mol. The molecular formula is C15H16F3N3O3. The Balaban J connectivity index is 2.73. The molecule has 0 radical (unpaired) electrons. The highest BCUT2D eigenvalue weighted by Crippen LogP contribution is 2.28. The average molecular weight is 343 g/mol. The molecule has 0 aliphatic rings. The van der Waals surface area contributed by atoms with Crippen LogP contribution in [0.1, 0.15) is 26.5 Å². The van der Waals surface area contributed by atoms with Gasteiger partial charge in [-0.05, 0) is 12.1 Å². The van der Waals surface area contributed by atoms with Crippen LogP contribution in [0.4, 0.5) is 13.2 Å². The molecule has 2 aromatic heterocycles. The first-order valence-corrected chi connectivity index (χ1v) is 7.05. The molecule has 0 atom stereocenters. The van der Waals surface area contributed by atoms with Gasteiger partial charge in [-0.15, -0.1) is 0 Å². The number of Topliss-reactive ketones (excluding diaryl/α,β-unsaturated/α-hetero) is 1. The number of carbonyl (C=O) groups excluding carboxylic acids is 1. The van der Waals surface area contributed by atoms with Crippen LogP contribution < -0.4 is 11.2 Å². The van der Waals surface area contributed by atoms with Gasteiger partial charge in [0.25, 0.3) is 5.56 Å². The normalized spacial score (nSPS) is 12.6. The van der Waals surface area contributed by atoms with Crippen LogP contribution in [-0.2, 0) is 24.6 Å². The fourth-order valence-electron chi connectivity index (χ4n) is 2.05. The number of carbonyl (C=O) groups is 1. The van der Waals surface area contributed by atoms with E-state index in [1.807, 2.05) is 0 Å². The summed E-state index contributed by atoms with van der Waals surface area (Å²) in [6, 6.07) is 1.63. The number of aryl methyl sites for hydroxylation is 1. The van der Waals surface area contributed by atoms with Gasteiger partial charge >= 0.3 is 11.9 Å². The van der Waals surface area contributed by atoms with E-state index in [4.69, 9.17) is 0 Å². The maximum atomic E-state index is 12.8. The Labute approximate surface area is 134 Å². The third-order valence-electron chi connectivity index (χ3n) is 3.61. The fraction of sp³-hybridized carbons (Fsp3) is 0.467. The van der Waals surface area contributed by atoms with Gasteiger partial charge in [0, 0.05) is 12.5 Å². The minimum Gasteiger partial charge on any atom is -0.297 e. The summed E-state index contributed by atoms with van der Waals surface area (Å²) < 4.78 is 39.8. The first-order valence-electron chi connectivity index (χ1n) is 7.05. The zero-order valence-corrected chi connectivity index (χ0v) is 13.6. The van der Waals surface area contributed by atoms with E-state index in [2.05, 4.69) is 4.98 Å². The molecule has 0 saturated carbocycles. The molecule has 0 aromatic carbocycles. The number of fused-ring (bicyclic) bond motifs is 1. The van der Waals surface area contributed by atoms with Crippen LogP contribution in [0.2, 0.25) is 0 Å². The molecule has 24 heavy (non-hydrogen) atoms. The van der Waals surface area contributed by atoms with Crippen LogP contribution in [0.15, 0.2) is 21.7 Å². The number of alkyl halides is 3. The number of pyridine rings is 1. The van der Waals surface area contributed by atoms with E-state index < -0.39 is 35.1 Å². The minimum atomic E-state index is -4.69. The SMILES string of the molecule is Cn1c(=O)n(CC(=O)C(C)(C)C)c(=O)c2ccc(C(F)(F)F)nc21. The van der Waals surface area contributed by atoms with Crippen molar-refractivity contribution in [2.75, 3.05) is 0 Å². The van der Waals surface area contributed by atoms with Crippen molar-refractivity contribution >= 4 is 16.8 Å². The van der Waals surface area contributed by atoms with E-state index >= 15 is 0 Å². The van der Waals surface area contributed by atoms with Gasteiger partial charge in [-0.25, -0.2) is 9.78 Å². The Bertz CT molecular complexity index is 934. The second kappa shape index (κ2) is 5.57. The topological polar surface area (TPSA) is 74.0 Å². The predicted molar refractivity (Wildman–Crippen MR) is 80.7 cm³/mol.